The molecule has 0 aliphatic carbocycles. The van der Waals surface area contributed by atoms with Crippen LogP contribution in [0.5, 0.6) is 0 Å². The highest BCUT2D eigenvalue weighted by molar-refractivity contribution is 5.79. The highest BCUT2D eigenvalue weighted by Crippen LogP contribution is 2.18. The first-order chi connectivity index (χ1) is 10.8. The van der Waals surface area contributed by atoms with Gasteiger partial charge in [-0.15, -0.1) is 0 Å². The zero-order valence-electron chi connectivity index (χ0n) is 12.5. The Kier molecular flexibility index (Phi) is 4.71. The van der Waals surface area contributed by atoms with Crippen LogP contribution in [0.1, 0.15) is 24.0 Å². The second kappa shape index (κ2) is 7.09. The molecule has 0 radical (unpaired) electrons. The fourth-order valence-electron chi connectivity index (χ4n) is 2.53. The molecule has 3 rings (SSSR count). The van der Waals surface area contributed by atoms with Gasteiger partial charge in [-0.2, -0.15) is 0 Å². The number of hydrazine groups is 1. The third-order valence-corrected chi connectivity index (χ3v) is 3.65. The van der Waals surface area contributed by atoms with Gasteiger partial charge < -0.3 is 4.74 Å². The molecule has 1 aliphatic heterocycles. The zero-order chi connectivity index (χ0) is 15.2. The van der Waals surface area contributed by atoms with E-state index in [0.717, 1.165) is 24.2 Å². The summed E-state index contributed by atoms with van der Waals surface area (Å²) in [4.78, 5) is 11.5. The van der Waals surface area contributed by atoms with Crippen LogP contribution in [-0.2, 0) is 22.7 Å². The van der Waals surface area contributed by atoms with Crippen molar-refractivity contribution in [3.8, 4) is 0 Å². The van der Waals surface area contributed by atoms with E-state index in [4.69, 9.17) is 4.74 Å². The van der Waals surface area contributed by atoms with Gasteiger partial charge in [-0.05, 0) is 29.7 Å². The van der Waals surface area contributed by atoms with Crippen LogP contribution in [0.4, 0.5) is 5.69 Å². The van der Waals surface area contributed by atoms with Gasteiger partial charge in [-0.25, -0.2) is 0 Å². The number of rotatable bonds is 5. The van der Waals surface area contributed by atoms with Crippen LogP contribution in [0.25, 0.3) is 0 Å². The number of nitrogens with zero attached hydrogens (tertiary/aromatic N) is 1. The number of benzene rings is 2. The largest absolute Gasteiger partial charge is 0.372 e. The molecule has 0 saturated carbocycles. The highest BCUT2D eigenvalue weighted by Gasteiger charge is 2.16. The molecule has 0 bridgehead atoms. The summed E-state index contributed by atoms with van der Waals surface area (Å²) in [6, 6.07) is 18.2. The Morgan fingerprint density at radius 2 is 1.77 bits per heavy atom. The number of ether oxygens (including phenoxy) is 1. The summed E-state index contributed by atoms with van der Waals surface area (Å²) in [7, 11) is 0. The SMILES string of the molecule is O=C1CCCN(c2cccc(COCc3ccccc3)c2)N1. The molecule has 0 spiro atoms. The summed E-state index contributed by atoms with van der Waals surface area (Å²) in [5.41, 5.74) is 6.18. The van der Waals surface area contributed by atoms with Gasteiger partial charge in [0.25, 0.3) is 0 Å². The molecule has 0 unspecified atom stereocenters. The molecule has 1 fully saturated rings. The summed E-state index contributed by atoms with van der Waals surface area (Å²) < 4.78 is 5.76. The first-order valence-corrected chi connectivity index (χ1v) is 7.59. The molecule has 22 heavy (non-hydrogen) atoms. The first kappa shape index (κ1) is 14.6. The molecular weight excluding hydrogens is 276 g/mol. The van der Waals surface area contributed by atoms with E-state index in [1.165, 1.54) is 5.56 Å². The fourth-order valence-corrected chi connectivity index (χ4v) is 2.53. The van der Waals surface area contributed by atoms with Gasteiger partial charge in [-0.3, -0.25) is 15.2 Å². The van der Waals surface area contributed by atoms with Crippen LogP contribution >= 0.6 is 0 Å². The molecule has 1 N–H and O–H groups in total. The van der Waals surface area contributed by atoms with E-state index < -0.39 is 0 Å². The van der Waals surface area contributed by atoms with Crippen LogP contribution in [0.2, 0.25) is 0 Å². The highest BCUT2D eigenvalue weighted by atomic mass is 16.5. The number of anilines is 1. The third kappa shape index (κ3) is 3.86. The summed E-state index contributed by atoms with van der Waals surface area (Å²) in [6.45, 7) is 2.01. The zero-order valence-corrected chi connectivity index (χ0v) is 12.5. The van der Waals surface area contributed by atoms with E-state index in [0.29, 0.717) is 19.6 Å². The maximum Gasteiger partial charge on any atom is 0.238 e. The Bertz CT molecular complexity index is 628. The fraction of sp³-hybridized carbons (Fsp3) is 0.278. The van der Waals surface area contributed by atoms with Crippen molar-refractivity contribution in [2.75, 3.05) is 11.6 Å². The van der Waals surface area contributed by atoms with Crippen molar-refractivity contribution in [2.24, 2.45) is 0 Å². The van der Waals surface area contributed by atoms with Gasteiger partial charge in [0.05, 0.1) is 18.9 Å². The van der Waals surface area contributed by atoms with Gasteiger partial charge in [0.2, 0.25) is 5.91 Å². The molecule has 114 valence electrons. The normalized spacial score (nSPS) is 14.7. The Morgan fingerprint density at radius 1 is 1.00 bits per heavy atom. The lowest BCUT2D eigenvalue weighted by Crippen LogP contribution is -2.46. The van der Waals surface area contributed by atoms with Crippen LogP contribution in [0, 0.1) is 0 Å². The second-order valence-electron chi connectivity index (χ2n) is 5.44. The van der Waals surface area contributed by atoms with Crippen LogP contribution in [0.3, 0.4) is 0 Å². The van der Waals surface area contributed by atoms with E-state index in [-0.39, 0.29) is 5.91 Å². The minimum absolute atomic E-state index is 0.0805. The molecule has 2 aromatic carbocycles. The van der Waals surface area contributed by atoms with Crippen molar-refractivity contribution in [1.82, 2.24) is 5.43 Å². The Hall–Kier alpha value is -2.33. The van der Waals surface area contributed by atoms with Gasteiger partial charge in [0.15, 0.2) is 0 Å². The number of amides is 1. The molecule has 2 aromatic rings. The lowest BCUT2D eigenvalue weighted by molar-refractivity contribution is -0.122. The smallest absolute Gasteiger partial charge is 0.238 e. The standard InChI is InChI=1S/C18H20N2O2/c21-18-10-5-11-20(19-18)17-9-4-8-16(12-17)14-22-13-15-6-2-1-3-7-15/h1-4,6-9,12H,5,10-11,13-14H2,(H,19,21). The minimum Gasteiger partial charge on any atom is -0.372 e. The summed E-state index contributed by atoms with van der Waals surface area (Å²) in [5, 5.41) is 1.91. The van der Waals surface area contributed by atoms with Crippen molar-refractivity contribution in [1.29, 1.82) is 0 Å². The van der Waals surface area contributed by atoms with Gasteiger partial charge in [0, 0.05) is 13.0 Å². The van der Waals surface area contributed by atoms with Crippen molar-refractivity contribution >= 4 is 11.6 Å². The van der Waals surface area contributed by atoms with E-state index in [9.17, 15) is 4.79 Å². The van der Waals surface area contributed by atoms with E-state index in [2.05, 4.69) is 23.6 Å². The number of nitrogens with one attached hydrogen (secondary N) is 1. The van der Waals surface area contributed by atoms with Crippen molar-refractivity contribution < 1.29 is 9.53 Å². The lowest BCUT2D eigenvalue weighted by Gasteiger charge is -2.29. The molecule has 4 nitrogen and oxygen atoms in total. The van der Waals surface area contributed by atoms with Crippen molar-refractivity contribution in [2.45, 2.75) is 26.1 Å². The van der Waals surface area contributed by atoms with E-state index in [1.54, 1.807) is 0 Å². The Labute approximate surface area is 130 Å². The first-order valence-electron chi connectivity index (χ1n) is 7.59. The second-order valence-corrected chi connectivity index (χ2v) is 5.44. The van der Waals surface area contributed by atoms with E-state index in [1.807, 2.05) is 41.4 Å². The lowest BCUT2D eigenvalue weighted by atomic mass is 10.2. The molecule has 1 heterocycles. The average Bonchev–Trinajstić information content (AvgIpc) is 2.56. The van der Waals surface area contributed by atoms with Crippen molar-refractivity contribution in [3.05, 3.63) is 65.7 Å². The number of hydrogen-bond acceptors (Lipinski definition) is 3. The molecule has 1 aliphatic rings. The number of carbonyl (C=O) groups excluding carboxylic acids is 1. The molecule has 1 saturated heterocycles. The molecule has 0 aromatic heterocycles. The predicted molar refractivity (Wildman–Crippen MR) is 86.1 cm³/mol. The van der Waals surface area contributed by atoms with Crippen LogP contribution < -0.4 is 10.4 Å². The molecular formula is C18H20N2O2. The van der Waals surface area contributed by atoms with Gasteiger partial charge in [0.1, 0.15) is 0 Å². The van der Waals surface area contributed by atoms with Crippen molar-refractivity contribution in [3.63, 3.8) is 0 Å². The topological polar surface area (TPSA) is 41.6 Å². The van der Waals surface area contributed by atoms with E-state index >= 15 is 0 Å². The minimum atomic E-state index is 0.0805. The third-order valence-electron chi connectivity index (χ3n) is 3.65. The monoisotopic (exact) mass is 296 g/mol. The van der Waals surface area contributed by atoms with Crippen LogP contribution in [-0.4, -0.2) is 12.5 Å². The quantitative estimate of drug-likeness (QED) is 0.922. The number of hydrogen-bond donors (Lipinski definition) is 1. The van der Waals surface area contributed by atoms with Crippen LogP contribution in [0.15, 0.2) is 54.6 Å². The predicted octanol–water partition coefficient (Wildman–Crippen LogP) is 3.03. The maximum absolute atomic E-state index is 11.5. The molecule has 4 heteroatoms. The summed E-state index contributed by atoms with van der Waals surface area (Å²) in [6.07, 6.45) is 1.50. The van der Waals surface area contributed by atoms with Gasteiger partial charge in [-0.1, -0.05) is 42.5 Å². The number of carbonyl (C=O) groups is 1. The van der Waals surface area contributed by atoms with Gasteiger partial charge >= 0.3 is 0 Å². The average molecular weight is 296 g/mol. The Balaban J connectivity index is 1.58. The summed E-state index contributed by atoms with van der Waals surface area (Å²) >= 11 is 0. The molecule has 0 atom stereocenters. The summed E-state index contributed by atoms with van der Waals surface area (Å²) in [5.74, 6) is 0.0805. The maximum atomic E-state index is 11.5. The molecule has 1 amide bonds. The Morgan fingerprint density at radius 3 is 2.59 bits per heavy atom.